The Morgan fingerprint density at radius 1 is 1.23 bits per heavy atom. The molecule has 1 unspecified atom stereocenters. The maximum absolute atomic E-state index is 12.9. The van der Waals surface area contributed by atoms with Crippen molar-refractivity contribution in [1.82, 2.24) is 15.5 Å². The number of carbonyl (C=O) groups excluding carboxylic acids is 3. The predicted octanol–water partition coefficient (Wildman–Crippen LogP) is 1.69. The molecule has 2 N–H and O–H groups in total. The number of nitro benzene ring substituents is 1. The van der Waals surface area contributed by atoms with Gasteiger partial charge in [0.25, 0.3) is 11.6 Å². The minimum atomic E-state index is -1.42. The van der Waals surface area contributed by atoms with Gasteiger partial charge in [0.2, 0.25) is 5.91 Å². The van der Waals surface area contributed by atoms with Gasteiger partial charge < -0.3 is 15.4 Å². The number of nitrogens with zero attached hydrogens (tertiary/aromatic N) is 2. The van der Waals surface area contributed by atoms with Crippen molar-refractivity contribution in [3.63, 3.8) is 0 Å². The van der Waals surface area contributed by atoms with Gasteiger partial charge in [0.05, 0.1) is 12.0 Å². The first-order chi connectivity index (χ1) is 14.2. The van der Waals surface area contributed by atoms with E-state index in [9.17, 15) is 24.5 Å². The molecule has 0 aliphatic carbocycles. The molecule has 156 valence electrons. The number of imide groups is 1. The number of non-ortho nitro benzene ring substituents is 1. The number of hydrogen-bond donors (Lipinski definition) is 2. The highest BCUT2D eigenvalue weighted by molar-refractivity contribution is 6.09. The first kappa shape index (κ1) is 20.8. The van der Waals surface area contributed by atoms with Crippen LogP contribution in [0.15, 0.2) is 48.5 Å². The van der Waals surface area contributed by atoms with Crippen LogP contribution in [-0.2, 0) is 21.7 Å². The van der Waals surface area contributed by atoms with Crippen molar-refractivity contribution in [3.05, 3.63) is 69.8 Å². The number of benzene rings is 2. The number of ether oxygens (including phenoxy) is 1. The molecule has 1 aliphatic heterocycles. The molecule has 1 heterocycles. The molecule has 0 spiro atoms. The minimum absolute atomic E-state index is 0.132. The number of urea groups is 1. The van der Waals surface area contributed by atoms with Crippen molar-refractivity contribution in [2.24, 2.45) is 0 Å². The molecule has 10 nitrogen and oxygen atoms in total. The highest BCUT2D eigenvalue weighted by Gasteiger charge is 2.49. The maximum Gasteiger partial charge on any atom is 0.325 e. The van der Waals surface area contributed by atoms with E-state index in [0.29, 0.717) is 11.3 Å². The summed E-state index contributed by atoms with van der Waals surface area (Å²) in [5, 5.41) is 16.0. The lowest BCUT2D eigenvalue weighted by Crippen LogP contribution is -2.43. The zero-order valence-corrected chi connectivity index (χ0v) is 16.4. The number of methoxy groups -OCH3 is 1. The third kappa shape index (κ3) is 4.07. The summed E-state index contributed by atoms with van der Waals surface area (Å²) >= 11 is 0. The van der Waals surface area contributed by atoms with E-state index in [4.69, 9.17) is 4.74 Å². The average Bonchev–Trinajstić information content (AvgIpc) is 2.96. The molecule has 1 aliphatic rings. The molecule has 2 aromatic rings. The van der Waals surface area contributed by atoms with Gasteiger partial charge in [0.15, 0.2) is 0 Å². The van der Waals surface area contributed by atoms with Gasteiger partial charge in [-0.3, -0.25) is 24.6 Å². The highest BCUT2D eigenvalue weighted by Crippen LogP contribution is 2.29. The number of nitro groups is 1. The molecule has 0 aromatic heterocycles. The molecular weight excluding hydrogens is 392 g/mol. The van der Waals surface area contributed by atoms with Crippen molar-refractivity contribution in [3.8, 4) is 5.75 Å². The molecule has 1 fully saturated rings. The molecule has 3 rings (SSSR count). The summed E-state index contributed by atoms with van der Waals surface area (Å²) in [6.45, 7) is 1.25. The van der Waals surface area contributed by atoms with Gasteiger partial charge in [-0.2, -0.15) is 0 Å². The van der Waals surface area contributed by atoms with Crippen molar-refractivity contribution in [2.45, 2.75) is 19.0 Å². The second-order valence-corrected chi connectivity index (χ2v) is 6.88. The van der Waals surface area contributed by atoms with E-state index >= 15 is 0 Å². The monoisotopic (exact) mass is 412 g/mol. The molecule has 10 heteroatoms. The number of nitrogens with one attached hydrogen (secondary N) is 2. The molecule has 0 bridgehead atoms. The Bertz CT molecular complexity index is 1010. The van der Waals surface area contributed by atoms with Crippen LogP contribution in [0.3, 0.4) is 0 Å². The highest BCUT2D eigenvalue weighted by atomic mass is 16.6. The molecule has 1 saturated heterocycles. The minimum Gasteiger partial charge on any atom is -0.497 e. The van der Waals surface area contributed by atoms with Gasteiger partial charge in [-0.25, -0.2) is 4.79 Å². The summed E-state index contributed by atoms with van der Waals surface area (Å²) < 4.78 is 5.13. The molecule has 1 atom stereocenters. The van der Waals surface area contributed by atoms with Crippen LogP contribution in [0.4, 0.5) is 10.5 Å². The van der Waals surface area contributed by atoms with Gasteiger partial charge in [-0.05, 0) is 42.3 Å². The summed E-state index contributed by atoms with van der Waals surface area (Å²) in [5.41, 5.74) is -0.367. The van der Waals surface area contributed by atoms with Crippen LogP contribution in [0, 0.1) is 10.1 Å². The first-order valence-corrected chi connectivity index (χ1v) is 9.03. The fraction of sp³-hybridized carbons (Fsp3) is 0.250. The Kier molecular flexibility index (Phi) is 5.67. The predicted molar refractivity (Wildman–Crippen MR) is 106 cm³/mol. The van der Waals surface area contributed by atoms with Crippen molar-refractivity contribution >= 4 is 23.5 Å². The van der Waals surface area contributed by atoms with Crippen LogP contribution in [0.5, 0.6) is 5.75 Å². The van der Waals surface area contributed by atoms with Crippen LogP contribution in [0.2, 0.25) is 0 Å². The zero-order chi connectivity index (χ0) is 21.9. The zero-order valence-electron chi connectivity index (χ0n) is 16.4. The van der Waals surface area contributed by atoms with E-state index in [-0.39, 0.29) is 12.2 Å². The number of rotatable bonds is 7. The lowest BCUT2D eigenvalue weighted by Gasteiger charge is -2.22. The van der Waals surface area contributed by atoms with Crippen LogP contribution < -0.4 is 15.4 Å². The Labute approximate surface area is 172 Å². The van der Waals surface area contributed by atoms with Crippen LogP contribution in [0.1, 0.15) is 18.1 Å². The Morgan fingerprint density at radius 3 is 2.57 bits per heavy atom. The second kappa shape index (κ2) is 8.19. The Morgan fingerprint density at radius 2 is 1.93 bits per heavy atom. The van der Waals surface area contributed by atoms with Crippen molar-refractivity contribution in [1.29, 1.82) is 0 Å². The van der Waals surface area contributed by atoms with Gasteiger partial charge >= 0.3 is 6.03 Å². The summed E-state index contributed by atoms with van der Waals surface area (Å²) in [6.07, 6.45) is 0. The molecule has 2 aromatic carbocycles. The normalized spacial score (nSPS) is 18.1. The third-order valence-corrected chi connectivity index (χ3v) is 4.86. The molecular formula is C20H20N4O6. The van der Waals surface area contributed by atoms with Crippen molar-refractivity contribution < 1.29 is 24.0 Å². The summed E-state index contributed by atoms with van der Waals surface area (Å²) in [7, 11) is 1.54. The molecule has 0 radical (unpaired) electrons. The topological polar surface area (TPSA) is 131 Å². The summed E-state index contributed by atoms with van der Waals surface area (Å²) in [4.78, 5) is 48.6. The first-order valence-electron chi connectivity index (χ1n) is 9.03. The molecule has 30 heavy (non-hydrogen) atoms. The quantitative estimate of drug-likeness (QED) is 0.404. The standard InChI is InChI=1S/C20H20N4O6/c1-20(14-6-8-15(9-7-14)24(28)29)18(26)23(19(27)22-20)12-17(25)21-11-13-4-3-5-16(10-13)30-2/h3-10H,11-12H2,1-2H3,(H,21,25)(H,22,27). The van der Waals surface area contributed by atoms with E-state index in [1.54, 1.807) is 18.2 Å². The Balaban J connectivity index is 1.66. The third-order valence-electron chi connectivity index (χ3n) is 4.86. The fourth-order valence-corrected chi connectivity index (χ4v) is 3.14. The van der Waals surface area contributed by atoms with E-state index in [0.717, 1.165) is 10.5 Å². The van der Waals surface area contributed by atoms with E-state index in [1.807, 2.05) is 6.07 Å². The number of carbonyl (C=O) groups is 3. The largest absolute Gasteiger partial charge is 0.497 e. The second-order valence-electron chi connectivity index (χ2n) is 6.88. The van der Waals surface area contributed by atoms with Crippen molar-refractivity contribution in [2.75, 3.05) is 13.7 Å². The summed E-state index contributed by atoms with van der Waals surface area (Å²) in [6, 6.07) is 11.7. The van der Waals surface area contributed by atoms with E-state index in [1.165, 1.54) is 38.3 Å². The van der Waals surface area contributed by atoms with Gasteiger partial charge in [-0.1, -0.05) is 12.1 Å². The maximum atomic E-state index is 12.9. The SMILES string of the molecule is COc1cccc(CNC(=O)CN2C(=O)NC(C)(c3ccc([N+](=O)[O-])cc3)C2=O)c1. The smallest absolute Gasteiger partial charge is 0.325 e. The van der Waals surface area contributed by atoms with Crippen LogP contribution >= 0.6 is 0 Å². The van der Waals surface area contributed by atoms with Gasteiger partial charge in [-0.15, -0.1) is 0 Å². The van der Waals surface area contributed by atoms with E-state index in [2.05, 4.69) is 10.6 Å². The van der Waals surface area contributed by atoms with Crippen LogP contribution in [-0.4, -0.2) is 41.3 Å². The lowest BCUT2D eigenvalue weighted by atomic mass is 9.92. The molecule has 4 amide bonds. The Hall–Kier alpha value is -3.95. The van der Waals surface area contributed by atoms with Gasteiger partial charge in [0.1, 0.15) is 17.8 Å². The lowest BCUT2D eigenvalue weighted by molar-refractivity contribution is -0.384. The fourth-order valence-electron chi connectivity index (χ4n) is 3.14. The van der Waals surface area contributed by atoms with Crippen LogP contribution in [0.25, 0.3) is 0 Å². The number of amides is 4. The molecule has 0 saturated carbocycles. The average molecular weight is 412 g/mol. The summed E-state index contributed by atoms with van der Waals surface area (Å²) in [5.74, 6) is -0.470. The van der Waals surface area contributed by atoms with Gasteiger partial charge in [0, 0.05) is 18.7 Å². The number of hydrogen-bond acceptors (Lipinski definition) is 6. The van der Waals surface area contributed by atoms with E-state index < -0.39 is 34.9 Å².